The van der Waals surface area contributed by atoms with Crippen LogP contribution in [-0.4, -0.2) is 35.9 Å². The molecule has 6 heteroatoms. The minimum absolute atomic E-state index is 0.107. The van der Waals surface area contributed by atoms with Crippen LogP contribution in [0.15, 0.2) is 18.3 Å². The third kappa shape index (κ3) is 2.78. The molecular formula is C17H22N4O2. The second-order valence-corrected chi connectivity index (χ2v) is 6.85. The maximum absolute atomic E-state index is 12.7. The Morgan fingerprint density at radius 2 is 1.91 bits per heavy atom. The number of rotatable bonds is 5. The van der Waals surface area contributed by atoms with Gasteiger partial charge < -0.3 is 15.5 Å². The van der Waals surface area contributed by atoms with Gasteiger partial charge in [-0.25, -0.2) is 4.98 Å². The van der Waals surface area contributed by atoms with E-state index in [2.05, 4.69) is 20.5 Å². The Kier molecular flexibility index (Phi) is 3.47. The van der Waals surface area contributed by atoms with Crippen molar-refractivity contribution >= 4 is 23.3 Å². The van der Waals surface area contributed by atoms with Crippen molar-refractivity contribution in [2.75, 3.05) is 23.3 Å². The molecule has 2 aliphatic carbocycles. The number of aromatic nitrogens is 1. The number of pyridine rings is 1. The zero-order chi connectivity index (χ0) is 15.9. The maximum atomic E-state index is 12.7. The van der Waals surface area contributed by atoms with Crippen LogP contribution >= 0.6 is 0 Å². The highest BCUT2D eigenvalue weighted by Crippen LogP contribution is 2.47. The topological polar surface area (TPSA) is 74.3 Å². The molecule has 1 saturated heterocycles. The molecule has 1 aliphatic heterocycles. The molecule has 23 heavy (non-hydrogen) atoms. The van der Waals surface area contributed by atoms with Gasteiger partial charge in [0.05, 0.1) is 5.69 Å². The third-order valence-corrected chi connectivity index (χ3v) is 4.97. The van der Waals surface area contributed by atoms with Gasteiger partial charge in [-0.15, -0.1) is 0 Å². The maximum Gasteiger partial charge on any atom is 0.240 e. The zero-order valence-electron chi connectivity index (χ0n) is 13.2. The SMILES string of the molecule is O=C(Nc1cccnc1N1CCCC1)C1(C(=O)NC2CC2)CC1. The lowest BCUT2D eigenvalue weighted by atomic mass is 10.0. The van der Waals surface area contributed by atoms with Crippen molar-refractivity contribution < 1.29 is 9.59 Å². The minimum atomic E-state index is -0.860. The van der Waals surface area contributed by atoms with Crippen molar-refractivity contribution in [3.8, 4) is 0 Å². The summed E-state index contributed by atoms with van der Waals surface area (Å²) in [6, 6.07) is 3.97. The number of hydrogen-bond acceptors (Lipinski definition) is 4. The molecule has 4 rings (SSSR count). The summed E-state index contributed by atoms with van der Waals surface area (Å²) in [6.07, 6.45) is 7.38. The molecule has 122 valence electrons. The second kappa shape index (κ2) is 5.51. The van der Waals surface area contributed by atoms with E-state index in [0.717, 1.165) is 44.6 Å². The average Bonchev–Trinajstić information content (AvgIpc) is 3.47. The number of carbonyl (C=O) groups is 2. The molecule has 1 aromatic heterocycles. The molecule has 2 heterocycles. The van der Waals surface area contributed by atoms with Gasteiger partial charge >= 0.3 is 0 Å². The third-order valence-electron chi connectivity index (χ3n) is 4.97. The normalized spacial score (nSPS) is 21.8. The summed E-state index contributed by atoms with van der Waals surface area (Å²) in [5.41, 5.74) is -0.148. The van der Waals surface area contributed by atoms with Gasteiger partial charge in [-0.1, -0.05) is 0 Å². The Labute approximate surface area is 135 Å². The highest BCUT2D eigenvalue weighted by molar-refractivity contribution is 6.13. The van der Waals surface area contributed by atoms with Crippen LogP contribution in [0.5, 0.6) is 0 Å². The van der Waals surface area contributed by atoms with E-state index in [1.165, 1.54) is 0 Å². The zero-order valence-corrected chi connectivity index (χ0v) is 13.2. The Morgan fingerprint density at radius 3 is 2.57 bits per heavy atom. The lowest BCUT2D eigenvalue weighted by Gasteiger charge is -2.21. The fraction of sp³-hybridized carbons (Fsp3) is 0.588. The second-order valence-electron chi connectivity index (χ2n) is 6.85. The first-order chi connectivity index (χ1) is 11.2. The molecule has 0 radical (unpaired) electrons. The number of anilines is 2. The van der Waals surface area contributed by atoms with Crippen LogP contribution in [0.4, 0.5) is 11.5 Å². The van der Waals surface area contributed by atoms with E-state index in [1.54, 1.807) is 6.20 Å². The fourth-order valence-electron chi connectivity index (χ4n) is 3.15. The Morgan fingerprint density at radius 1 is 1.17 bits per heavy atom. The van der Waals surface area contributed by atoms with Gasteiger partial charge in [0.1, 0.15) is 5.41 Å². The first-order valence-electron chi connectivity index (χ1n) is 8.51. The van der Waals surface area contributed by atoms with Gasteiger partial charge in [0, 0.05) is 25.3 Å². The van der Waals surface area contributed by atoms with Crippen molar-refractivity contribution in [2.24, 2.45) is 5.41 Å². The molecule has 2 amide bonds. The van der Waals surface area contributed by atoms with E-state index < -0.39 is 5.41 Å². The van der Waals surface area contributed by atoms with E-state index in [0.29, 0.717) is 18.5 Å². The number of nitrogens with one attached hydrogen (secondary N) is 2. The summed E-state index contributed by atoms with van der Waals surface area (Å²) in [4.78, 5) is 31.7. The fourth-order valence-corrected chi connectivity index (χ4v) is 3.15. The molecule has 1 aromatic rings. The van der Waals surface area contributed by atoms with Crippen LogP contribution < -0.4 is 15.5 Å². The molecule has 2 saturated carbocycles. The van der Waals surface area contributed by atoms with Crippen molar-refractivity contribution in [2.45, 2.75) is 44.6 Å². The monoisotopic (exact) mass is 314 g/mol. The molecule has 3 fully saturated rings. The van der Waals surface area contributed by atoms with Crippen LogP contribution in [0.1, 0.15) is 38.5 Å². The van der Waals surface area contributed by atoms with Crippen LogP contribution in [0.2, 0.25) is 0 Å². The number of amides is 2. The highest BCUT2D eigenvalue weighted by Gasteiger charge is 2.57. The molecule has 0 spiro atoms. The summed E-state index contributed by atoms with van der Waals surface area (Å²) in [5.74, 6) is 0.518. The van der Waals surface area contributed by atoms with E-state index in [9.17, 15) is 9.59 Å². The van der Waals surface area contributed by atoms with E-state index in [-0.39, 0.29) is 17.9 Å². The van der Waals surface area contributed by atoms with Crippen molar-refractivity contribution in [3.63, 3.8) is 0 Å². The first kappa shape index (κ1) is 14.5. The Balaban J connectivity index is 1.49. The predicted octanol–water partition coefficient (Wildman–Crippen LogP) is 1.68. The summed E-state index contributed by atoms with van der Waals surface area (Å²) < 4.78 is 0. The largest absolute Gasteiger partial charge is 0.355 e. The Bertz CT molecular complexity index is 631. The van der Waals surface area contributed by atoms with Crippen LogP contribution in [-0.2, 0) is 9.59 Å². The lowest BCUT2D eigenvalue weighted by molar-refractivity contribution is -0.134. The lowest BCUT2D eigenvalue weighted by Crippen LogP contribution is -2.41. The van der Waals surface area contributed by atoms with Gasteiger partial charge in [-0.2, -0.15) is 0 Å². The van der Waals surface area contributed by atoms with Gasteiger partial charge in [0.2, 0.25) is 11.8 Å². The van der Waals surface area contributed by atoms with E-state index in [1.807, 2.05) is 12.1 Å². The molecular weight excluding hydrogens is 292 g/mol. The van der Waals surface area contributed by atoms with E-state index in [4.69, 9.17) is 0 Å². The molecule has 6 nitrogen and oxygen atoms in total. The van der Waals surface area contributed by atoms with Gasteiger partial charge in [0.25, 0.3) is 0 Å². The quantitative estimate of drug-likeness (QED) is 0.811. The first-order valence-corrected chi connectivity index (χ1v) is 8.51. The minimum Gasteiger partial charge on any atom is -0.355 e. The average molecular weight is 314 g/mol. The van der Waals surface area contributed by atoms with Crippen LogP contribution in [0.3, 0.4) is 0 Å². The Hall–Kier alpha value is -2.11. The smallest absolute Gasteiger partial charge is 0.240 e. The van der Waals surface area contributed by atoms with Crippen LogP contribution in [0.25, 0.3) is 0 Å². The molecule has 0 aromatic carbocycles. The van der Waals surface area contributed by atoms with E-state index >= 15 is 0 Å². The van der Waals surface area contributed by atoms with Crippen molar-refractivity contribution in [3.05, 3.63) is 18.3 Å². The van der Waals surface area contributed by atoms with Gasteiger partial charge in [-0.05, 0) is 50.7 Å². The van der Waals surface area contributed by atoms with Crippen molar-refractivity contribution in [1.29, 1.82) is 0 Å². The molecule has 3 aliphatic rings. The standard InChI is InChI=1S/C17H22N4O2/c22-15(19-12-5-6-12)17(7-8-17)16(23)20-13-4-3-9-18-14(13)21-10-1-2-11-21/h3-4,9,12H,1-2,5-8,10-11H2,(H,19,22)(H,20,23). The van der Waals surface area contributed by atoms with Crippen LogP contribution in [0, 0.1) is 5.41 Å². The summed E-state index contributed by atoms with van der Waals surface area (Å²) in [5, 5.41) is 5.93. The van der Waals surface area contributed by atoms with Crippen molar-refractivity contribution in [1.82, 2.24) is 10.3 Å². The summed E-state index contributed by atoms with van der Waals surface area (Å²) in [7, 11) is 0. The summed E-state index contributed by atoms with van der Waals surface area (Å²) >= 11 is 0. The highest BCUT2D eigenvalue weighted by atomic mass is 16.2. The summed E-state index contributed by atoms with van der Waals surface area (Å²) in [6.45, 7) is 1.93. The molecule has 0 unspecified atom stereocenters. The number of carbonyl (C=O) groups excluding carboxylic acids is 2. The molecule has 0 atom stereocenters. The number of nitrogens with zero attached hydrogens (tertiary/aromatic N) is 2. The van der Waals surface area contributed by atoms with Gasteiger partial charge in [0.15, 0.2) is 5.82 Å². The molecule has 2 N–H and O–H groups in total. The van der Waals surface area contributed by atoms with Gasteiger partial charge in [-0.3, -0.25) is 9.59 Å². The predicted molar refractivity (Wildman–Crippen MR) is 87.1 cm³/mol. The molecule has 0 bridgehead atoms. The number of hydrogen-bond donors (Lipinski definition) is 2.